The van der Waals surface area contributed by atoms with Gasteiger partial charge in [0.05, 0.1) is 0 Å². The molecule has 0 fully saturated rings. The zero-order valence-corrected chi connectivity index (χ0v) is 9.88. The van der Waals surface area contributed by atoms with Crippen molar-refractivity contribution in [3.63, 3.8) is 0 Å². The lowest BCUT2D eigenvalue weighted by Crippen LogP contribution is -2.09. The van der Waals surface area contributed by atoms with Crippen LogP contribution in [0.1, 0.15) is 46.0 Å². The largest absolute Gasteiger partial charge is 0.294 e. The number of hydrogen-bond donors (Lipinski definition) is 0. The van der Waals surface area contributed by atoms with Crippen molar-refractivity contribution in [2.24, 2.45) is 5.41 Å². The van der Waals surface area contributed by atoms with Crippen molar-refractivity contribution in [3.05, 3.63) is 10.5 Å². The van der Waals surface area contributed by atoms with Gasteiger partial charge in [0.15, 0.2) is 5.78 Å². The highest BCUT2D eigenvalue weighted by atomic mass is 32.2. The fourth-order valence-electron chi connectivity index (χ4n) is 2.41. The second-order valence-electron chi connectivity index (χ2n) is 4.95. The van der Waals surface area contributed by atoms with Crippen LogP contribution < -0.4 is 0 Å². The van der Waals surface area contributed by atoms with Crippen molar-refractivity contribution in [1.29, 1.82) is 0 Å². The van der Waals surface area contributed by atoms with E-state index in [-0.39, 0.29) is 5.41 Å². The van der Waals surface area contributed by atoms with Gasteiger partial charge in [0.1, 0.15) is 0 Å². The fourth-order valence-corrected chi connectivity index (χ4v) is 3.82. The molecule has 78 valence electrons. The first-order valence-electron chi connectivity index (χ1n) is 5.51. The predicted octanol–water partition coefficient (Wildman–Crippen LogP) is 3.55. The van der Waals surface area contributed by atoms with Crippen molar-refractivity contribution in [3.8, 4) is 0 Å². The van der Waals surface area contributed by atoms with Crippen LogP contribution in [-0.4, -0.2) is 11.5 Å². The summed E-state index contributed by atoms with van der Waals surface area (Å²) in [5, 5.41) is 0. The van der Waals surface area contributed by atoms with Crippen LogP contribution in [0.25, 0.3) is 0 Å². The Kier molecular flexibility index (Phi) is 2.74. The van der Waals surface area contributed by atoms with Crippen LogP contribution in [0.2, 0.25) is 0 Å². The van der Waals surface area contributed by atoms with Crippen LogP contribution in [0.5, 0.6) is 0 Å². The van der Waals surface area contributed by atoms with E-state index in [9.17, 15) is 4.79 Å². The van der Waals surface area contributed by atoms with Gasteiger partial charge in [-0.25, -0.2) is 0 Å². The molecule has 0 unspecified atom stereocenters. The van der Waals surface area contributed by atoms with Crippen molar-refractivity contribution >= 4 is 17.5 Å². The van der Waals surface area contributed by atoms with Crippen LogP contribution in [0, 0.1) is 5.41 Å². The van der Waals surface area contributed by atoms with E-state index >= 15 is 0 Å². The standard InChI is InChI=1S/C12H18OS/c1-12(2)8-10(13)9-6-4-3-5-7-14-11(9)12/h3-8H2,1-2H3. The van der Waals surface area contributed by atoms with E-state index in [0.29, 0.717) is 5.78 Å². The Morgan fingerprint density at radius 2 is 2.00 bits per heavy atom. The smallest absolute Gasteiger partial charge is 0.160 e. The molecule has 0 aromatic heterocycles. The van der Waals surface area contributed by atoms with E-state index in [1.807, 2.05) is 11.8 Å². The second kappa shape index (κ2) is 3.73. The zero-order valence-electron chi connectivity index (χ0n) is 9.06. The fraction of sp³-hybridized carbons (Fsp3) is 0.750. The molecule has 0 N–H and O–H groups in total. The zero-order chi connectivity index (χ0) is 10.2. The quantitative estimate of drug-likeness (QED) is 0.608. The maximum Gasteiger partial charge on any atom is 0.160 e. The third-order valence-electron chi connectivity index (χ3n) is 3.15. The second-order valence-corrected chi connectivity index (χ2v) is 6.06. The summed E-state index contributed by atoms with van der Waals surface area (Å²) in [7, 11) is 0. The lowest BCUT2D eigenvalue weighted by molar-refractivity contribution is -0.116. The number of ketones is 1. The number of thioether (sulfide) groups is 1. The summed E-state index contributed by atoms with van der Waals surface area (Å²) in [4.78, 5) is 13.2. The SMILES string of the molecule is CC1(C)CC(=O)C2=C1SCCCCC2. The molecule has 0 radical (unpaired) electrons. The predicted molar refractivity (Wildman–Crippen MR) is 61.4 cm³/mol. The molecule has 1 aliphatic carbocycles. The third kappa shape index (κ3) is 1.77. The molecule has 1 aliphatic heterocycles. The molecule has 0 saturated carbocycles. The number of Topliss-reactive ketones (excluding diaryl/α,β-unsaturated/α-hetero) is 1. The van der Waals surface area contributed by atoms with E-state index in [1.54, 1.807) is 0 Å². The van der Waals surface area contributed by atoms with Crippen molar-refractivity contribution in [1.82, 2.24) is 0 Å². The highest BCUT2D eigenvalue weighted by Gasteiger charge is 2.38. The van der Waals surface area contributed by atoms with E-state index in [0.717, 1.165) is 12.8 Å². The normalized spacial score (nSPS) is 27.1. The summed E-state index contributed by atoms with van der Waals surface area (Å²) in [6, 6.07) is 0. The molecular formula is C12H18OS. The molecule has 0 aromatic carbocycles. The van der Waals surface area contributed by atoms with Gasteiger partial charge in [0.2, 0.25) is 0 Å². The van der Waals surface area contributed by atoms with Crippen molar-refractivity contribution in [2.75, 3.05) is 5.75 Å². The molecule has 2 rings (SSSR count). The summed E-state index contributed by atoms with van der Waals surface area (Å²) in [6.45, 7) is 4.42. The molecule has 2 heteroatoms. The summed E-state index contributed by atoms with van der Waals surface area (Å²) in [6.07, 6.45) is 5.58. The molecule has 0 saturated heterocycles. The minimum absolute atomic E-state index is 0.133. The maximum absolute atomic E-state index is 11.8. The molecule has 0 atom stereocenters. The van der Waals surface area contributed by atoms with Crippen LogP contribution in [0.15, 0.2) is 10.5 Å². The highest BCUT2D eigenvalue weighted by molar-refractivity contribution is 8.03. The van der Waals surface area contributed by atoms with Gasteiger partial charge in [-0.15, -0.1) is 11.8 Å². The van der Waals surface area contributed by atoms with Crippen LogP contribution in [0.4, 0.5) is 0 Å². The maximum atomic E-state index is 11.8. The average Bonchev–Trinajstić information content (AvgIpc) is 2.19. The van der Waals surface area contributed by atoms with Gasteiger partial charge >= 0.3 is 0 Å². The van der Waals surface area contributed by atoms with Gasteiger partial charge in [0.25, 0.3) is 0 Å². The van der Waals surface area contributed by atoms with Gasteiger partial charge in [-0.2, -0.15) is 0 Å². The summed E-state index contributed by atoms with van der Waals surface area (Å²) >= 11 is 1.94. The van der Waals surface area contributed by atoms with E-state index < -0.39 is 0 Å². The molecule has 14 heavy (non-hydrogen) atoms. The Morgan fingerprint density at radius 1 is 1.21 bits per heavy atom. The van der Waals surface area contributed by atoms with Gasteiger partial charge in [-0.1, -0.05) is 20.3 Å². The Labute approximate surface area is 90.3 Å². The minimum Gasteiger partial charge on any atom is -0.294 e. The Hall–Kier alpha value is -0.240. The van der Waals surface area contributed by atoms with Crippen LogP contribution >= 0.6 is 11.8 Å². The van der Waals surface area contributed by atoms with E-state index in [2.05, 4.69) is 13.8 Å². The van der Waals surface area contributed by atoms with Crippen LogP contribution in [-0.2, 0) is 4.79 Å². The monoisotopic (exact) mass is 210 g/mol. The number of carbonyl (C=O) groups is 1. The van der Waals surface area contributed by atoms with Gasteiger partial charge < -0.3 is 0 Å². The minimum atomic E-state index is 0.133. The summed E-state index contributed by atoms with van der Waals surface area (Å²) in [5.74, 6) is 1.62. The van der Waals surface area contributed by atoms with Gasteiger partial charge in [-0.05, 0) is 29.9 Å². The first-order chi connectivity index (χ1) is 6.61. The van der Waals surface area contributed by atoms with Crippen LogP contribution in [0.3, 0.4) is 0 Å². The van der Waals surface area contributed by atoms with Crippen molar-refractivity contribution in [2.45, 2.75) is 46.0 Å². The molecule has 0 aromatic rings. The molecular weight excluding hydrogens is 192 g/mol. The first kappa shape index (κ1) is 10.3. The Balaban J connectivity index is 2.31. The topological polar surface area (TPSA) is 17.1 Å². The molecule has 0 spiro atoms. The number of hydrogen-bond acceptors (Lipinski definition) is 2. The van der Waals surface area contributed by atoms with Gasteiger partial charge in [-0.3, -0.25) is 4.79 Å². The number of allylic oxidation sites excluding steroid dienone is 2. The Morgan fingerprint density at radius 3 is 2.79 bits per heavy atom. The lowest BCUT2D eigenvalue weighted by atomic mass is 9.93. The third-order valence-corrected chi connectivity index (χ3v) is 4.73. The van der Waals surface area contributed by atoms with E-state index in [1.165, 1.54) is 35.5 Å². The molecule has 1 heterocycles. The van der Waals surface area contributed by atoms with Gasteiger partial charge in [0, 0.05) is 17.4 Å². The van der Waals surface area contributed by atoms with E-state index in [4.69, 9.17) is 0 Å². The van der Waals surface area contributed by atoms with Crippen molar-refractivity contribution < 1.29 is 4.79 Å². The molecule has 0 bridgehead atoms. The number of carbonyl (C=O) groups excluding carboxylic acids is 1. The molecule has 0 amide bonds. The molecule has 2 aliphatic rings. The number of rotatable bonds is 0. The average molecular weight is 210 g/mol. The summed E-state index contributed by atoms with van der Waals surface area (Å²) in [5.41, 5.74) is 1.30. The lowest BCUT2D eigenvalue weighted by Gasteiger charge is -2.22. The Bertz CT molecular complexity index is 289. The highest BCUT2D eigenvalue weighted by Crippen LogP contribution is 2.48. The molecule has 1 nitrogen and oxygen atoms in total. The first-order valence-corrected chi connectivity index (χ1v) is 6.49. The summed E-state index contributed by atoms with van der Waals surface area (Å²) < 4.78 is 0.